The molecule has 120 valence electrons. The third kappa shape index (κ3) is 4.36. The van der Waals surface area contributed by atoms with Crippen LogP contribution in [0.5, 0.6) is 11.5 Å². The minimum absolute atomic E-state index is 0.498. The number of anilines is 1. The summed E-state index contributed by atoms with van der Waals surface area (Å²) in [6.07, 6.45) is 1.42. The van der Waals surface area contributed by atoms with Crippen molar-refractivity contribution in [1.82, 2.24) is 10.2 Å². The van der Waals surface area contributed by atoms with Crippen LogP contribution in [0.15, 0.2) is 28.7 Å². The molecule has 22 heavy (non-hydrogen) atoms. The molecule has 7 heteroatoms. The van der Waals surface area contributed by atoms with Gasteiger partial charge in [0.25, 0.3) is 0 Å². The van der Waals surface area contributed by atoms with Crippen LogP contribution in [0.25, 0.3) is 0 Å². The van der Waals surface area contributed by atoms with Crippen LogP contribution in [0.4, 0.5) is 6.01 Å². The Balaban J connectivity index is 1.75. The number of rotatable bonds is 9. The summed E-state index contributed by atoms with van der Waals surface area (Å²) in [5, 5.41) is 7.93. The number of para-hydroxylation sites is 2. The quantitative estimate of drug-likeness (QED) is 0.702. The second-order valence-corrected chi connectivity index (χ2v) is 4.79. The van der Waals surface area contributed by atoms with Gasteiger partial charge in [-0.2, -0.15) is 0 Å². The lowest BCUT2D eigenvalue weighted by molar-refractivity contribution is 0.290. The third-order valence-electron chi connectivity index (χ3n) is 3.11. The molecule has 2 aromatic rings. The number of benzene rings is 1. The van der Waals surface area contributed by atoms with Crippen molar-refractivity contribution in [3.05, 3.63) is 30.2 Å². The molecule has 0 unspecified atom stereocenters. The monoisotopic (exact) mass is 306 g/mol. The molecule has 0 saturated carbocycles. The van der Waals surface area contributed by atoms with E-state index in [1.807, 2.05) is 36.2 Å². The van der Waals surface area contributed by atoms with Crippen LogP contribution in [-0.2, 0) is 6.42 Å². The van der Waals surface area contributed by atoms with Gasteiger partial charge in [-0.15, -0.1) is 5.10 Å². The lowest BCUT2D eigenvalue weighted by Gasteiger charge is -2.14. The average molecular weight is 306 g/mol. The summed E-state index contributed by atoms with van der Waals surface area (Å²) in [6.45, 7) is 1.83. The lowest BCUT2D eigenvalue weighted by atomic mass is 10.3. The Kier molecular flexibility index (Phi) is 6.02. The summed E-state index contributed by atoms with van der Waals surface area (Å²) in [7, 11) is 3.54. The number of hydrogen-bond acceptors (Lipinski definition) is 7. The highest BCUT2D eigenvalue weighted by Crippen LogP contribution is 2.25. The standard InChI is InChI=1S/C15H22N4O3/c1-19(15-18-17-14(22-15)8-9-16)10-5-11-21-13-7-4-3-6-12(13)20-2/h3-4,6-7H,5,8-11,16H2,1-2H3. The largest absolute Gasteiger partial charge is 0.493 e. The van der Waals surface area contributed by atoms with E-state index >= 15 is 0 Å². The normalized spacial score (nSPS) is 10.5. The molecule has 1 aromatic heterocycles. The Morgan fingerprint density at radius 3 is 2.73 bits per heavy atom. The Morgan fingerprint density at radius 1 is 1.23 bits per heavy atom. The van der Waals surface area contributed by atoms with Gasteiger partial charge in [0, 0.05) is 26.6 Å². The second-order valence-electron chi connectivity index (χ2n) is 4.79. The molecule has 0 fully saturated rings. The number of nitrogens with zero attached hydrogens (tertiary/aromatic N) is 3. The smallest absolute Gasteiger partial charge is 0.317 e. The molecular weight excluding hydrogens is 284 g/mol. The number of ether oxygens (including phenoxy) is 2. The van der Waals surface area contributed by atoms with Crippen LogP contribution >= 0.6 is 0 Å². The molecule has 7 nitrogen and oxygen atoms in total. The maximum absolute atomic E-state index is 5.72. The fourth-order valence-corrected chi connectivity index (χ4v) is 1.94. The highest BCUT2D eigenvalue weighted by atomic mass is 16.5. The fourth-order valence-electron chi connectivity index (χ4n) is 1.94. The van der Waals surface area contributed by atoms with Crippen molar-refractivity contribution >= 4 is 6.01 Å². The summed E-state index contributed by atoms with van der Waals surface area (Å²) in [5.41, 5.74) is 5.45. The van der Waals surface area contributed by atoms with Gasteiger partial charge in [0.05, 0.1) is 13.7 Å². The lowest BCUT2D eigenvalue weighted by Crippen LogP contribution is -2.20. The van der Waals surface area contributed by atoms with E-state index in [9.17, 15) is 0 Å². The zero-order chi connectivity index (χ0) is 15.8. The summed E-state index contributed by atoms with van der Waals surface area (Å²) >= 11 is 0. The van der Waals surface area contributed by atoms with Gasteiger partial charge in [-0.05, 0) is 18.6 Å². The van der Waals surface area contributed by atoms with E-state index in [4.69, 9.17) is 19.6 Å². The second kappa shape index (κ2) is 8.23. The summed E-state index contributed by atoms with van der Waals surface area (Å²) in [4.78, 5) is 1.90. The van der Waals surface area contributed by atoms with Gasteiger partial charge in [0.2, 0.25) is 5.89 Å². The van der Waals surface area contributed by atoms with Crippen molar-refractivity contribution < 1.29 is 13.9 Å². The third-order valence-corrected chi connectivity index (χ3v) is 3.11. The van der Waals surface area contributed by atoms with Crippen molar-refractivity contribution in [2.45, 2.75) is 12.8 Å². The van der Waals surface area contributed by atoms with Crippen LogP contribution in [-0.4, -0.2) is 44.1 Å². The van der Waals surface area contributed by atoms with Crippen LogP contribution < -0.4 is 20.1 Å². The molecule has 0 aliphatic rings. The first-order chi connectivity index (χ1) is 10.7. The minimum atomic E-state index is 0.498. The van der Waals surface area contributed by atoms with Crippen molar-refractivity contribution in [2.75, 3.05) is 38.8 Å². The first-order valence-electron chi connectivity index (χ1n) is 7.24. The number of aromatic nitrogens is 2. The fraction of sp³-hybridized carbons (Fsp3) is 0.467. The van der Waals surface area contributed by atoms with Crippen LogP contribution in [0.1, 0.15) is 12.3 Å². The maximum Gasteiger partial charge on any atom is 0.317 e. The predicted octanol–water partition coefficient (Wildman–Crippen LogP) is 1.48. The SMILES string of the molecule is COc1ccccc1OCCCN(C)c1nnc(CCN)o1. The van der Waals surface area contributed by atoms with Crippen LogP contribution in [0.3, 0.4) is 0 Å². The van der Waals surface area contributed by atoms with E-state index in [0.29, 0.717) is 31.5 Å². The van der Waals surface area contributed by atoms with E-state index in [2.05, 4.69) is 10.2 Å². The molecule has 1 aromatic carbocycles. The maximum atomic E-state index is 5.72. The Labute approximate surface area is 130 Å². The number of hydrogen-bond donors (Lipinski definition) is 1. The first kappa shape index (κ1) is 16.1. The molecule has 2 rings (SSSR count). The average Bonchev–Trinajstić information content (AvgIpc) is 3.01. The zero-order valence-corrected chi connectivity index (χ0v) is 13.0. The molecule has 1 heterocycles. The van der Waals surface area contributed by atoms with Crippen molar-refractivity contribution in [3.63, 3.8) is 0 Å². The van der Waals surface area contributed by atoms with Crippen molar-refractivity contribution in [3.8, 4) is 11.5 Å². The highest BCUT2D eigenvalue weighted by molar-refractivity contribution is 5.39. The van der Waals surface area contributed by atoms with E-state index in [1.165, 1.54) is 0 Å². The minimum Gasteiger partial charge on any atom is -0.493 e. The van der Waals surface area contributed by atoms with Crippen molar-refractivity contribution in [1.29, 1.82) is 0 Å². The van der Waals surface area contributed by atoms with Gasteiger partial charge in [-0.1, -0.05) is 17.2 Å². The molecule has 0 spiro atoms. The molecule has 0 atom stereocenters. The predicted molar refractivity (Wildman–Crippen MR) is 83.4 cm³/mol. The molecule has 0 aliphatic carbocycles. The van der Waals surface area contributed by atoms with E-state index in [-0.39, 0.29) is 0 Å². The van der Waals surface area contributed by atoms with E-state index in [0.717, 1.165) is 24.5 Å². The summed E-state index contributed by atoms with van der Waals surface area (Å²) in [5.74, 6) is 2.05. The number of nitrogens with two attached hydrogens (primary N) is 1. The van der Waals surface area contributed by atoms with Gasteiger partial charge >= 0.3 is 6.01 Å². The molecular formula is C15H22N4O3. The van der Waals surface area contributed by atoms with E-state index in [1.54, 1.807) is 7.11 Å². The molecule has 0 aliphatic heterocycles. The van der Waals surface area contributed by atoms with Gasteiger partial charge in [-0.3, -0.25) is 0 Å². The molecule has 0 bridgehead atoms. The van der Waals surface area contributed by atoms with E-state index < -0.39 is 0 Å². The molecule has 0 amide bonds. The molecule has 0 radical (unpaired) electrons. The highest BCUT2D eigenvalue weighted by Gasteiger charge is 2.10. The Hall–Kier alpha value is -2.28. The van der Waals surface area contributed by atoms with Crippen LogP contribution in [0, 0.1) is 0 Å². The van der Waals surface area contributed by atoms with Gasteiger partial charge in [0.1, 0.15) is 0 Å². The van der Waals surface area contributed by atoms with Crippen molar-refractivity contribution in [2.24, 2.45) is 5.73 Å². The van der Waals surface area contributed by atoms with Gasteiger partial charge < -0.3 is 24.5 Å². The Morgan fingerprint density at radius 2 is 2.00 bits per heavy atom. The Bertz CT molecular complexity index is 573. The first-order valence-corrected chi connectivity index (χ1v) is 7.24. The number of methoxy groups -OCH3 is 1. The summed E-state index contributed by atoms with van der Waals surface area (Å²) < 4.78 is 16.5. The zero-order valence-electron chi connectivity index (χ0n) is 13.0. The summed E-state index contributed by atoms with van der Waals surface area (Å²) in [6, 6.07) is 8.09. The van der Waals surface area contributed by atoms with Gasteiger partial charge in [-0.25, -0.2) is 0 Å². The topological polar surface area (TPSA) is 86.6 Å². The van der Waals surface area contributed by atoms with Gasteiger partial charge in [0.15, 0.2) is 11.5 Å². The van der Waals surface area contributed by atoms with Crippen LogP contribution in [0.2, 0.25) is 0 Å². The molecule has 2 N–H and O–H groups in total. The molecule has 0 saturated heterocycles.